The molecule has 158 valence electrons. The molecule has 4 aromatic rings. The minimum absolute atomic E-state index is 0.0978. The van der Waals surface area contributed by atoms with Crippen LogP contribution in [0.4, 0.5) is 5.69 Å². The van der Waals surface area contributed by atoms with E-state index in [1.165, 1.54) is 24.1 Å². The average Bonchev–Trinajstić information content (AvgIpc) is 3.45. The zero-order valence-corrected chi connectivity index (χ0v) is 17.7. The number of para-hydroxylation sites is 1. The van der Waals surface area contributed by atoms with Gasteiger partial charge in [0.15, 0.2) is 5.76 Å². The van der Waals surface area contributed by atoms with Crippen LogP contribution in [0.15, 0.2) is 82.3 Å². The van der Waals surface area contributed by atoms with Crippen molar-refractivity contribution in [3.8, 4) is 17.1 Å². The van der Waals surface area contributed by atoms with E-state index >= 15 is 0 Å². The standard InChI is InChI=1S/C22H20N4O4S/c1-15-10-11-16(13-21(15)31(28,29)23-2)24-22(27)19-14-18(20-9-6-12-30-20)25-26(19)17-7-4-3-5-8-17/h3-14,23H,1-2H3,(H,24,27). The normalized spacial score (nSPS) is 11.4. The fourth-order valence-corrected chi connectivity index (χ4v) is 4.12. The predicted octanol–water partition coefficient (Wildman–Crippen LogP) is 3.60. The molecule has 0 unspecified atom stereocenters. The van der Waals surface area contributed by atoms with Gasteiger partial charge in [0, 0.05) is 11.8 Å². The van der Waals surface area contributed by atoms with Gasteiger partial charge >= 0.3 is 0 Å². The molecule has 0 spiro atoms. The van der Waals surface area contributed by atoms with Crippen LogP contribution in [0.5, 0.6) is 0 Å². The molecule has 0 aliphatic rings. The highest BCUT2D eigenvalue weighted by atomic mass is 32.2. The molecule has 0 aliphatic heterocycles. The number of anilines is 1. The molecule has 2 N–H and O–H groups in total. The van der Waals surface area contributed by atoms with Crippen molar-refractivity contribution in [3.05, 3.63) is 84.3 Å². The van der Waals surface area contributed by atoms with Crippen LogP contribution < -0.4 is 10.0 Å². The Hall–Kier alpha value is -3.69. The number of aryl methyl sites for hydroxylation is 1. The minimum Gasteiger partial charge on any atom is -0.463 e. The third kappa shape index (κ3) is 4.14. The maximum Gasteiger partial charge on any atom is 0.274 e. The summed E-state index contributed by atoms with van der Waals surface area (Å²) >= 11 is 0. The molecule has 0 fully saturated rings. The molecule has 9 heteroatoms. The third-order valence-electron chi connectivity index (χ3n) is 4.72. The summed E-state index contributed by atoms with van der Waals surface area (Å²) in [5.74, 6) is 0.0901. The van der Waals surface area contributed by atoms with Crippen LogP contribution in [-0.4, -0.2) is 31.2 Å². The van der Waals surface area contributed by atoms with Crippen molar-refractivity contribution in [3.63, 3.8) is 0 Å². The van der Waals surface area contributed by atoms with Gasteiger partial charge in [-0.3, -0.25) is 4.79 Å². The number of benzene rings is 2. The van der Waals surface area contributed by atoms with Crippen molar-refractivity contribution < 1.29 is 17.6 Å². The molecule has 0 bridgehead atoms. The number of hydrogen-bond acceptors (Lipinski definition) is 5. The molecular formula is C22H20N4O4S. The first-order chi connectivity index (χ1) is 14.9. The van der Waals surface area contributed by atoms with Gasteiger partial charge in [0.05, 0.1) is 16.8 Å². The van der Waals surface area contributed by atoms with Crippen LogP contribution in [-0.2, 0) is 10.0 Å². The van der Waals surface area contributed by atoms with Crippen LogP contribution in [0.25, 0.3) is 17.1 Å². The van der Waals surface area contributed by atoms with E-state index in [-0.39, 0.29) is 10.6 Å². The maximum atomic E-state index is 13.1. The van der Waals surface area contributed by atoms with E-state index in [0.29, 0.717) is 28.4 Å². The van der Waals surface area contributed by atoms with Crippen LogP contribution in [0, 0.1) is 6.92 Å². The fourth-order valence-electron chi connectivity index (χ4n) is 3.13. The Morgan fingerprint density at radius 3 is 2.48 bits per heavy atom. The van der Waals surface area contributed by atoms with E-state index in [4.69, 9.17) is 4.42 Å². The summed E-state index contributed by atoms with van der Waals surface area (Å²) in [5.41, 5.74) is 2.40. The SMILES string of the molecule is CNS(=O)(=O)c1cc(NC(=O)c2cc(-c3ccco3)nn2-c2ccccc2)ccc1C. The van der Waals surface area contributed by atoms with E-state index in [9.17, 15) is 13.2 Å². The summed E-state index contributed by atoms with van der Waals surface area (Å²) in [6.45, 7) is 1.69. The smallest absolute Gasteiger partial charge is 0.274 e. The maximum absolute atomic E-state index is 13.1. The second-order valence-electron chi connectivity index (χ2n) is 6.78. The molecular weight excluding hydrogens is 416 g/mol. The highest BCUT2D eigenvalue weighted by Gasteiger charge is 2.20. The Morgan fingerprint density at radius 2 is 1.81 bits per heavy atom. The van der Waals surface area contributed by atoms with Crippen LogP contribution in [0.3, 0.4) is 0 Å². The second kappa shape index (κ2) is 8.21. The zero-order chi connectivity index (χ0) is 22.0. The summed E-state index contributed by atoms with van der Waals surface area (Å²) in [6, 6.07) is 19.1. The summed E-state index contributed by atoms with van der Waals surface area (Å²) < 4.78 is 33.7. The van der Waals surface area contributed by atoms with E-state index < -0.39 is 15.9 Å². The molecule has 2 heterocycles. The van der Waals surface area contributed by atoms with Gasteiger partial charge in [-0.25, -0.2) is 17.8 Å². The first-order valence-electron chi connectivity index (χ1n) is 9.44. The predicted molar refractivity (Wildman–Crippen MR) is 117 cm³/mol. The molecule has 0 radical (unpaired) electrons. The van der Waals surface area contributed by atoms with E-state index in [0.717, 1.165) is 0 Å². The van der Waals surface area contributed by atoms with Crippen molar-refractivity contribution in [2.75, 3.05) is 12.4 Å². The van der Waals surface area contributed by atoms with Gasteiger partial charge in [0.2, 0.25) is 10.0 Å². The number of nitrogens with zero attached hydrogens (tertiary/aromatic N) is 2. The van der Waals surface area contributed by atoms with Gasteiger partial charge in [-0.1, -0.05) is 24.3 Å². The topological polar surface area (TPSA) is 106 Å². The summed E-state index contributed by atoms with van der Waals surface area (Å²) in [5, 5.41) is 7.29. The lowest BCUT2D eigenvalue weighted by Crippen LogP contribution is -2.21. The Balaban J connectivity index is 1.73. The van der Waals surface area contributed by atoms with E-state index in [1.54, 1.807) is 37.3 Å². The average molecular weight is 436 g/mol. The molecule has 0 saturated carbocycles. The molecule has 0 aliphatic carbocycles. The molecule has 0 atom stereocenters. The van der Waals surface area contributed by atoms with Gasteiger partial charge in [0.1, 0.15) is 11.4 Å². The van der Waals surface area contributed by atoms with Gasteiger partial charge < -0.3 is 9.73 Å². The van der Waals surface area contributed by atoms with Crippen LogP contribution >= 0.6 is 0 Å². The molecule has 4 rings (SSSR count). The highest BCUT2D eigenvalue weighted by molar-refractivity contribution is 7.89. The number of sulfonamides is 1. The highest BCUT2D eigenvalue weighted by Crippen LogP contribution is 2.24. The van der Waals surface area contributed by atoms with Gasteiger partial charge in [-0.15, -0.1) is 0 Å². The Kier molecular flexibility index (Phi) is 5.45. The zero-order valence-electron chi connectivity index (χ0n) is 16.9. The summed E-state index contributed by atoms with van der Waals surface area (Å²) in [4.78, 5) is 13.2. The van der Waals surface area contributed by atoms with Crippen molar-refractivity contribution >= 4 is 21.6 Å². The Labute approximate surface area is 179 Å². The van der Waals surface area contributed by atoms with Crippen LogP contribution in [0.1, 0.15) is 16.1 Å². The quantitative estimate of drug-likeness (QED) is 0.480. The number of aromatic nitrogens is 2. The Morgan fingerprint density at radius 1 is 1.03 bits per heavy atom. The lowest BCUT2D eigenvalue weighted by Gasteiger charge is -2.11. The first-order valence-corrected chi connectivity index (χ1v) is 10.9. The van der Waals surface area contributed by atoms with E-state index in [2.05, 4.69) is 15.1 Å². The van der Waals surface area contributed by atoms with Gasteiger partial charge in [0.25, 0.3) is 5.91 Å². The lowest BCUT2D eigenvalue weighted by atomic mass is 10.2. The number of carbonyl (C=O) groups excluding carboxylic acids is 1. The van der Waals surface area contributed by atoms with Crippen LogP contribution in [0.2, 0.25) is 0 Å². The molecule has 2 aromatic carbocycles. The molecule has 0 saturated heterocycles. The number of amides is 1. The summed E-state index contributed by atoms with van der Waals surface area (Å²) in [7, 11) is -2.32. The number of carbonyl (C=O) groups is 1. The van der Waals surface area contributed by atoms with Crippen molar-refractivity contribution in [1.29, 1.82) is 0 Å². The molecule has 8 nitrogen and oxygen atoms in total. The minimum atomic E-state index is -3.66. The first kappa shape index (κ1) is 20.6. The number of furan rings is 1. The lowest BCUT2D eigenvalue weighted by molar-refractivity contribution is 0.101. The van der Waals surface area contributed by atoms with Crippen molar-refractivity contribution in [2.24, 2.45) is 0 Å². The Bertz CT molecular complexity index is 1330. The van der Waals surface area contributed by atoms with E-state index in [1.807, 2.05) is 30.3 Å². The second-order valence-corrected chi connectivity index (χ2v) is 8.64. The molecule has 2 aromatic heterocycles. The largest absolute Gasteiger partial charge is 0.463 e. The monoisotopic (exact) mass is 436 g/mol. The number of rotatable bonds is 6. The fraction of sp³-hybridized carbons (Fsp3) is 0.0909. The third-order valence-corrected chi connectivity index (χ3v) is 6.28. The number of hydrogen-bond donors (Lipinski definition) is 2. The summed E-state index contributed by atoms with van der Waals surface area (Å²) in [6.07, 6.45) is 1.53. The number of nitrogens with one attached hydrogen (secondary N) is 2. The van der Waals surface area contributed by atoms with Crippen molar-refractivity contribution in [2.45, 2.75) is 11.8 Å². The molecule has 1 amide bonds. The molecule has 31 heavy (non-hydrogen) atoms. The van der Waals surface area contributed by atoms with Gasteiger partial charge in [-0.05, 0) is 55.9 Å². The van der Waals surface area contributed by atoms with Crippen molar-refractivity contribution in [1.82, 2.24) is 14.5 Å². The van der Waals surface area contributed by atoms with Gasteiger partial charge in [-0.2, -0.15) is 5.10 Å².